The fourth-order valence-corrected chi connectivity index (χ4v) is 2.41. The van der Waals surface area contributed by atoms with Crippen molar-refractivity contribution in [2.45, 2.75) is 6.18 Å². The van der Waals surface area contributed by atoms with Gasteiger partial charge < -0.3 is 5.32 Å². The van der Waals surface area contributed by atoms with Gasteiger partial charge >= 0.3 is 6.18 Å². The van der Waals surface area contributed by atoms with E-state index in [4.69, 9.17) is 11.6 Å². The predicted molar refractivity (Wildman–Crippen MR) is 64.9 cm³/mol. The number of hydrogen-bond donors (Lipinski definition) is 1. The van der Waals surface area contributed by atoms with E-state index in [1.165, 1.54) is 24.5 Å². The highest BCUT2D eigenvalue weighted by Crippen LogP contribution is 2.35. The van der Waals surface area contributed by atoms with Crippen molar-refractivity contribution < 1.29 is 13.2 Å². The van der Waals surface area contributed by atoms with Crippen LogP contribution in [0.3, 0.4) is 0 Å². The molecule has 8 heteroatoms. The second kappa shape index (κ2) is 4.74. The van der Waals surface area contributed by atoms with E-state index >= 15 is 0 Å². The molecule has 0 aliphatic carbocycles. The number of anilines is 1. The summed E-state index contributed by atoms with van der Waals surface area (Å²) in [5.41, 5.74) is 0.154. The summed E-state index contributed by atoms with van der Waals surface area (Å²) in [5, 5.41) is 4.63. The third kappa shape index (κ3) is 2.56. The zero-order chi connectivity index (χ0) is 13.3. The van der Waals surface area contributed by atoms with E-state index in [2.05, 4.69) is 15.3 Å². The third-order valence-electron chi connectivity index (χ3n) is 2.09. The van der Waals surface area contributed by atoms with Crippen LogP contribution in [0.2, 0.25) is 5.02 Å². The monoisotopic (exact) mass is 293 g/mol. The first-order valence-electron chi connectivity index (χ1n) is 4.79. The summed E-state index contributed by atoms with van der Waals surface area (Å²) >= 11 is 7.11. The molecule has 0 aliphatic heterocycles. The number of alkyl halides is 3. The molecule has 2 rings (SSSR count). The lowest BCUT2D eigenvalue weighted by Crippen LogP contribution is -2.12. The van der Waals surface area contributed by atoms with Gasteiger partial charge in [-0.3, -0.25) is 0 Å². The maximum atomic E-state index is 12.6. The Balaban J connectivity index is 2.58. The summed E-state index contributed by atoms with van der Waals surface area (Å²) in [5.74, 6) is -1.09. The number of nitrogens with one attached hydrogen (secondary N) is 1. The summed E-state index contributed by atoms with van der Waals surface area (Å²) < 4.78 is 37.9. The van der Waals surface area contributed by atoms with E-state index < -0.39 is 12.0 Å². The van der Waals surface area contributed by atoms with Gasteiger partial charge in [-0.25, -0.2) is 9.97 Å². The molecule has 2 heterocycles. The number of thiophene rings is 1. The van der Waals surface area contributed by atoms with E-state index in [1.807, 2.05) is 0 Å². The van der Waals surface area contributed by atoms with Gasteiger partial charge in [0.25, 0.3) is 0 Å². The van der Waals surface area contributed by atoms with E-state index in [-0.39, 0.29) is 11.5 Å². The molecule has 0 radical (unpaired) electrons. The first kappa shape index (κ1) is 13.1. The van der Waals surface area contributed by atoms with Gasteiger partial charge in [0.1, 0.15) is 5.82 Å². The van der Waals surface area contributed by atoms with Crippen LogP contribution in [0.4, 0.5) is 19.0 Å². The zero-order valence-corrected chi connectivity index (χ0v) is 10.6. The number of aromatic nitrogens is 2. The average molecular weight is 294 g/mol. The molecule has 18 heavy (non-hydrogen) atoms. The number of hydrogen-bond acceptors (Lipinski definition) is 4. The minimum atomic E-state index is -4.59. The molecule has 0 unspecified atom stereocenters. The Labute approximate surface area is 110 Å². The fraction of sp³-hybridized carbons (Fsp3) is 0.200. The van der Waals surface area contributed by atoms with Crippen molar-refractivity contribution in [1.29, 1.82) is 0 Å². The Hall–Kier alpha value is -1.34. The molecule has 1 N–H and O–H groups in total. The molecule has 0 saturated heterocycles. The molecular weight excluding hydrogens is 287 g/mol. The molecule has 0 aliphatic rings. The van der Waals surface area contributed by atoms with E-state index in [9.17, 15) is 13.2 Å². The summed E-state index contributed by atoms with van der Waals surface area (Å²) in [4.78, 5) is 7.37. The van der Waals surface area contributed by atoms with Crippen LogP contribution in [-0.2, 0) is 6.18 Å². The lowest BCUT2D eigenvalue weighted by Gasteiger charge is -2.09. The summed E-state index contributed by atoms with van der Waals surface area (Å²) in [7, 11) is 1.49. The van der Waals surface area contributed by atoms with Gasteiger partial charge in [0.2, 0.25) is 5.82 Å². The van der Waals surface area contributed by atoms with Crippen molar-refractivity contribution in [3.05, 3.63) is 28.4 Å². The highest BCUT2D eigenvalue weighted by molar-refractivity contribution is 7.14. The van der Waals surface area contributed by atoms with Gasteiger partial charge in [-0.2, -0.15) is 13.2 Å². The van der Waals surface area contributed by atoms with Gasteiger partial charge in [0.05, 0.1) is 15.6 Å². The molecule has 0 atom stereocenters. The SMILES string of the molecule is CNc1cc(-c2sccc2Cl)nc(C(F)(F)F)n1. The van der Waals surface area contributed by atoms with Crippen LogP contribution in [0.5, 0.6) is 0 Å². The van der Waals surface area contributed by atoms with E-state index in [0.29, 0.717) is 9.90 Å². The highest BCUT2D eigenvalue weighted by atomic mass is 35.5. The van der Waals surface area contributed by atoms with Crippen LogP contribution in [0.15, 0.2) is 17.5 Å². The number of halogens is 4. The first-order chi connectivity index (χ1) is 8.41. The quantitative estimate of drug-likeness (QED) is 0.912. The summed E-state index contributed by atoms with van der Waals surface area (Å²) in [6.07, 6.45) is -4.59. The Kier molecular flexibility index (Phi) is 3.45. The normalized spacial score (nSPS) is 11.6. The van der Waals surface area contributed by atoms with Crippen LogP contribution >= 0.6 is 22.9 Å². The minimum Gasteiger partial charge on any atom is -0.373 e. The fourth-order valence-electron chi connectivity index (χ4n) is 1.29. The molecule has 3 nitrogen and oxygen atoms in total. The van der Waals surface area contributed by atoms with Crippen molar-refractivity contribution in [1.82, 2.24) is 9.97 Å². The molecule has 2 aromatic rings. The molecule has 0 amide bonds. The predicted octanol–water partition coefficient (Wildman–Crippen LogP) is 3.92. The Morgan fingerprint density at radius 1 is 1.33 bits per heavy atom. The van der Waals surface area contributed by atoms with Crippen LogP contribution in [0, 0.1) is 0 Å². The molecule has 0 aromatic carbocycles. The third-order valence-corrected chi connectivity index (χ3v) is 3.45. The lowest BCUT2D eigenvalue weighted by molar-refractivity contribution is -0.144. The summed E-state index contributed by atoms with van der Waals surface area (Å²) in [6, 6.07) is 3.03. The molecule has 2 aromatic heterocycles. The largest absolute Gasteiger partial charge is 0.451 e. The van der Waals surface area contributed by atoms with Crippen LogP contribution in [0.1, 0.15) is 5.82 Å². The van der Waals surface area contributed by atoms with Crippen molar-refractivity contribution in [3.63, 3.8) is 0 Å². The Morgan fingerprint density at radius 2 is 2.06 bits per heavy atom. The van der Waals surface area contributed by atoms with Gasteiger partial charge in [-0.05, 0) is 11.4 Å². The molecular formula is C10H7ClF3N3S. The van der Waals surface area contributed by atoms with Crippen LogP contribution in [-0.4, -0.2) is 17.0 Å². The van der Waals surface area contributed by atoms with E-state index in [1.54, 1.807) is 11.4 Å². The summed E-state index contributed by atoms with van der Waals surface area (Å²) in [6.45, 7) is 0. The molecule has 0 fully saturated rings. The van der Waals surface area contributed by atoms with E-state index in [0.717, 1.165) is 0 Å². The molecule has 0 saturated carbocycles. The molecule has 0 bridgehead atoms. The van der Waals surface area contributed by atoms with Crippen molar-refractivity contribution in [2.24, 2.45) is 0 Å². The lowest BCUT2D eigenvalue weighted by atomic mass is 10.3. The van der Waals surface area contributed by atoms with Crippen molar-refractivity contribution >= 4 is 28.8 Å². The van der Waals surface area contributed by atoms with Gasteiger partial charge in [-0.15, -0.1) is 11.3 Å². The standard InChI is InChI=1S/C10H7ClF3N3S/c1-15-7-4-6(8-5(11)2-3-18-8)16-9(17-7)10(12,13)14/h2-4H,1H3,(H,15,16,17). The maximum Gasteiger partial charge on any atom is 0.451 e. The van der Waals surface area contributed by atoms with Gasteiger partial charge in [0, 0.05) is 13.1 Å². The average Bonchev–Trinajstić information content (AvgIpc) is 2.73. The van der Waals surface area contributed by atoms with Crippen molar-refractivity contribution in [2.75, 3.05) is 12.4 Å². The smallest absolute Gasteiger partial charge is 0.373 e. The van der Waals surface area contributed by atoms with Crippen LogP contribution in [0.25, 0.3) is 10.6 Å². The second-order valence-electron chi connectivity index (χ2n) is 3.31. The van der Waals surface area contributed by atoms with Gasteiger partial charge in [0.15, 0.2) is 0 Å². The maximum absolute atomic E-state index is 12.6. The van der Waals surface area contributed by atoms with Gasteiger partial charge in [-0.1, -0.05) is 11.6 Å². The topological polar surface area (TPSA) is 37.8 Å². The van der Waals surface area contributed by atoms with Crippen LogP contribution < -0.4 is 5.32 Å². The Morgan fingerprint density at radius 3 is 2.56 bits per heavy atom. The highest BCUT2D eigenvalue weighted by Gasteiger charge is 2.35. The second-order valence-corrected chi connectivity index (χ2v) is 4.63. The number of rotatable bonds is 2. The zero-order valence-electron chi connectivity index (χ0n) is 9.05. The Bertz CT molecular complexity index is 568. The number of nitrogens with zero attached hydrogens (tertiary/aromatic N) is 2. The first-order valence-corrected chi connectivity index (χ1v) is 6.05. The minimum absolute atomic E-state index is 0.0943. The molecule has 0 spiro atoms. The molecule has 96 valence electrons. The van der Waals surface area contributed by atoms with Crippen molar-refractivity contribution in [3.8, 4) is 10.6 Å².